The van der Waals surface area contributed by atoms with E-state index in [0.29, 0.717) is 12.0 Å². The summed E-state index contributed by atoms with van der Waals surface area (Å²) >= 11 is 0. The smallest absolute Gasteiger partial charge is 0.225 e. The number of fused-ring (bicyclic) bond motifs is 1. The van der Waals surface area contributed by atoms with Crippen LogP contribution in [0, 0.1) is 0 Å². The van der Waals surface area contributed by atoms with Crippen molar-refractivity contribution in [2.75, 3.05) is 16.8 Å². The lowest BCUT2D eigenvalue weighted by Crippen LogP contribution is -2.31. The van der Waals surface area contributed by atoms with Gasteiger partial charge in [-0.25, -0.2) is 4.98 Å². The second-order valence-corrected chi connectivity index (χ2v) is 6.99. The van der Waals surface area contributed by atoms with Crippen molar-refractivity contribution in [3.05, 3.63) is 47.2 Å². The number of nitrogens with zero attached hydrogens (tertiary/aromatic N) is 3. The van der Waals surface area contributed by atoms with Crippen molar-refractivity contribution in [3.8, 4) is 0 Å². The molecule has 4 heteroatoms. The summed E-state index contributed by atoms with van der Waals surface area (Å²) in [6.07, 6.45) is 3.56. The topological polar surface area (TPSA) is 41.1 Å². The van der Waals surface area contributed by atoms with Gasteiger partial charge in [0.05, 0.1) is 5.69 Å². The van der Waals surface area contributed by atoms with Crippen molar-refractivity contribution in [2.24, 2.45) is 0 Å². The molecule has 23 heavy (non-hydrogen) atoms. The Balaban J connectivity index is 1.63. The normalized spacial score (nSPS) is 17.3. The van der Waals surface area contributed by atoms with Crippen LogP contribution < -0.4 is 10.2 Å². The van der Waals surface area contributed by atoms with E-state index in [9.17, 15) is 0 Å². The summed E-state index contributed by atoms with van der Waals surface area (Å²) in [6, 6.07) is 11.5. The molecule has 0 saturated heterocycles. The first-order chi connectivity index (χ1) is 11.2. The molecule has 1 aromatic carbocycles. The average Bonchev–Trinajstić information content (AvgIpc) is 3.38. The summed E-state index contributed by atoms with van der Waals surface area (Å²) in [5.74, 6) is 2.27. The first-order valence-electron chi connectivity index (χ1n) is 8.66. The van der Waals surface area contributed by atoms with Crippen LogP contribution in [0.5, 0.6) is 0 Å². The van der Waals surface area contributed by atoms with Crippen LogP contribution in [0.3, 0.4) is 0 Å². The number of hydrogen-bond donors (Lipinski definition) is 1. The highest BCUT2D eigenvalue weighted by atomic mass is 15.2. The SMILES string of the molecule is CC(C)c1cc(N2CCc3ccccc3C2)nc(NC2CC2)n1. The highest BCUT2D eigenvalue weighted by molar-refractivity contribution is 5.49. The molecule has 0 bridgehead atoms. The molecular formula is C19H24N4. The van der Waals surface area contributed by atoms with Crippen molar-refractivity contribution >= 4 is 11.8 Å². The molecule has 0 spiro atoms. The lowest BCUT2D eigenvalue weighted by Gasteiger charge is -2.30. The van der Waals surface area contributed by atoms with Crippen LogP contribution in [-0.2, 0) is 13.0 Å². The predicted octanol–water partition coefficient (Wildman–Crippen LogP) is 3.74. The second kappa shape index (κ2) is 5.84. The maximum atomic E-state index is 4.80. The standard InChI is InChI=1S/C19H24N4/c1-13(2)17-11-18(22-19(21-17)20-16-7-8-16)23-10-9-14-5-3-4-6-15(14)12-23/h3-6,11,13,16H,7-10,12H2,1-2H3,(H,20,21,22). The van der Waals surface area contributed by atoms with Gasteiger partial charge >= 0.3 is 0 Å². The van der Waals surface area contributed by atoms with Crippen LogP contribution in [0.4, 0.5) is 11.8 Å². The summed E-state index contributed by atoms with van der Waals surface area (Å²) in [7, 11) is 0. The molecule has 0 radical (unpaired) electrons. The van der Waals surface area contributed by atoms with E-state index >= 15 is 0 Å². The number of hydrogen-bond acceptors (Lipinski definition) is 4. The fraction of sp³-hybridized carbons (Fsp3) is 0.474. The van der Waals surface area contributed by atoms with Crippen LogP contribution in [0.25, 0.3) is 0 Å². The summed E-state index contributed by atoms with van der Waals surface area (Å²) < 4.78 is 0. The van der Waals surface area contributed by atoms with Crippen LogP contribution >= 0.6 is 0 Å². The van der Waals surface area contributed by atoms with Crippen LogP contribution in [0.1, 0.15) is 49.4 Å². The molecule has 2 aliphatic rings. The van der Waals surface area contributed by atoms with Gasteiger partial charge in [-0.05, 0) is 36.3 Å². The van der Waals surface area contributed by atoms with Crippen molar-refractivity contribution in [3.63, 3.8) is 0 Å². The first kappa shape index (κ1) is 14.5. The van der Waals surface area contributed by atoms with Crippen molar-refractivity contribution in [1.29, 1.82) is 0 Å². The van der Waals surface area contributed by atoms with Gasteiger partial charge in [0.2, 0.25) is 5.95 Å². The zero-order valence-corrected chi connectivity index (χ0v) is 13.9. The van der Waals surface area contributed by atoms with Gasteiger partial charge in [0, 0.05) is 25.2 Å². The molecule has 4 rings (SSSR count). The Hall–Kier alpha value is -2.10. The van der Waals surface area contributed by atoms with Gasteiger partial charge in [-0.3, -0.25) is 0 Å². The van der Waals surface area contributed by atoms with Gasteiger partial charge < -0.3 is 10.2 Å². The van der Waals surface area contributed by atoms with Gasteiger partial charge in [0.15, 0.2) is 0 Å². The molecule has 1 N–H and O–H groups in total. The number of nitrogens with one attached hydrogen (secondary N) is 1. The lowest BCUT2D eigenvalue weighted by atomic mass is 10.00. The Morgan fingerprint density at radius 3 is 2.65 bits per heavy atom. The van der Waals surface area contributed by atoms with Gasteiger partial charge in [-0.2, -0.15) is 4.98 Å². The van der Waals surface area contributed by atoms with Crippen LogP contribution in [0.15, 0.2) is 30.3 Å². The summed E-state index contributed by atoms with van der Waals surface area (Å²) in [5, 5.41) is 3.46. The Morgan fingerprint density at radius 2 is 1.91 bits per heavy atom. The van der Waals surface area contributed by atoms with E-state index in [-0.39, 0.29) is 0 Å². The van der Waals surface area contributed by atoms with Crippen LogP contribution in [-0.4, -0.2) is 22.6 Å². The third-order valence-corrected chi connectivity index (χ3v) is 4.69. The predicted molar refractivity (Wildman–Crippen MR) is 94.0 cm³/mol. The highest BCUT2D eigenvalue weighted by Crippen LogP contribution is 2.28. The molecule has 1 aromatic heterocycles. The molecular weight excluding hydrogens is 284 g/mol. The van der Waals surface area contributed by atoms with Crippen LogP contribution in [0.2, 0.25) is 0 Å². The zero-order chi connectivity index (χ0) is 15.8. The number of rotatable bonds is 4. The Bertz CT molecular complexity index is 706. The zero-order valence-electron chi connectivity index (χ0n) is 13.9. The molecule has 4 nitrogen and oxygen atoms in total. The minimum Gasteiger partial charge on any atom is -0.352 e. The minimum absolute atomic E-state index is 0.411. The fourth-order valence-corrected chi connectivity index (χ4v) is 3.08. The number of benzene rings is 1. The molecule has 1 aliphatic heterocycles. The van der Waals surface area contributed by atoms with Gasteiger partial charge in [0.1, 0.15) is 5.82 Å². The van der Waals surface area contributed by atoms with E-state index in [1.165, 1.54) is 24.0 Å². The Labute approximate surface area is 138 Å². The number of anilines is 2. The summed E-state index contributed by atoms with van der Waals surface area (Å²) in [6.45, 7) is 6.35. The summed E-state index contributed by atoms with van der Waals surface area (Å²) in [5.41, 5.74) is 4.01. The molecule has 1 aliphatic carbocycles. The fourth-order valence-electron chi connectivity index (χ4n) is 3.08. The Morgan fingerprint density at radius 1 is 1.13 bits per heavy atom. The van der Waals surface area contributed by atoms with E-state index in [1.807, 2.05) is 0 Å². The molecule has 0 amide bonds. The molecule has 0 unspecified atom stereocenters. The largest absolute Gasteiger partial charge is 0.352 e. The van der Waals surface area contributed by atoms with E-state index < -0.39 is 0 Å². The van der Waals surface area contributed by atoms with Gasteiger partial charge in [-0.15, -0.1) is 0 Å². The molecule has 1 saturated carbocycles. The third-order valence-electron chi connectivity index (χ3n) is 4.69. The van der Waals surface area contributed by atoms with Gasteiger partial charge in [-0.1, -0.05) is 38.1 Å². The lowest BCUT2D eigenvalue weighted by molar-refractivity contribution is 0.713. The maximum absolute atomic E-state index is 4.80. The van der Waals surface area contributed by atoms with E-state index in [2.05, 4.69) is 54.4 Å². The minimum atomic E-state index is 0.411. The highest BCUT2D eigenvalue weighted by Gasteiger charge is 2.24. The quantitative estimate of drug-likeness (QED) is 0.934. The summed E-state index contributed by atoms with van der Waals surface area (Å²) in [4.78, 5) is 11.9. The van der Waals surface area contributed by atoms with E-state index in [4.69, 9.17) is 9.97 Å². The van der Waals surface area contributed by atoms with Gasteiger partial charge in [0.25, 0.3) is 0 Å². The second-order valence-electron chi connectivity index (χ2n) is 6.99. The third kappa shape index (κ3) is 3.16. The molecule has 1 fully saturated rings. The van der Waals surface area contributed by atoms with E-state index in [0.717, 1.165) is 37.0 Å². The van der Waals surface area contributed by atoms with Crippen molar-refractivity contribution in [2.45, 2.75) is 51.6 Å². The molecule has 2 aromatic rings. The monoisotopic (exact) mass is 308 g/mol. The molecule has 0 atom stereocenters. The van der Waals surface area contributed by atoms with Crippen molar-refractivity contribution in [1.82, 2.24) is 9.97 Å². The maximum Gasteiger partial charge on any atom is 0.225 e. The molecule has 2 heterocycles. The van der Waals surface area contributed by atoms with Crippen molar-refractivity contribution < 1.29 is 0 Å². The first-order valence-corrected chi connectivity index (χ1v) is 8.66. The molecule has 120 valence electrons. The number of aromatic nitrogens is 2. The average molecular weight is 308 g/mol. The Kier molecular flexibility index (Phi) is 3.68. The van der Waals surface area contributed by atoms with E-state index in [1.54, 1.807) is 0 Å².